The molecule has 0 bridgehead atoms. The third kappa shape index (κ3) is 2.66. The number of halogens is 4. The van der Waals surface area contributed by atoms with Crippen LogP contribution < -0.4 is 5.73 Å². The molecule has 0 radical (unpaired) electrons. The Kier molecular flexibility index (Phi) is 3.61. The third-order valence-corrected chi connectivity index (χ3v) is 3.61. The fraction of sp³-hybridized carbons (Fsp3) is 0.538. The molecule has 1 aliphatic carbocycles. The zero-order valence-electron chi connectivity index (χ0n) is 9.80. The second-order valence-corrected chi connectivity index (χ2v) is 4.86. The molecule has 1 atom stereocenters. The van der Waals surface area contributed by atoms with Gasteiger partial charge >= 0.3 is 0 Å². The van der Waals surface area contributed by atoms with Crippen molar-refractivity contribution in [3.8, 4) is 0 Å². The lowest BCUT2D eigenvalue weighted by molar-refractivity contribution is -0.0484. The van der Waals surface area contributed by atoms with Gasteiger partial charge in [0.25, 0.3) is 0 Å². The van der Waals surface area contributed by atoms with Crippen LogP contribution in [0.15, 0.2) is 18.2 Å². The number of alkyl halides is 2. The molecule has 1 saturated carbocycles. The molecular formula is C13H15F4N. The maximum Gasteiger partial charge on any atom is 0.248 e. The summed E-state index contributed by atoms with van der Waals surface area (Å²) in [5, 5.41) is 0. The molecule has 0 saturated heterocycles. The van der Waals surface area contributed by atoms with Gasteiger partial charge in [-0.3, -0.25) is 0 Å². The van der Waals surface area contributed by atoms with Crippen LogP contribution in [0.3, 0.4) is 0 Å². The Hall–Kier alpha value is -1.10. The predicted molar refractivity (Wildman–Crippen MR) is 60.2 cm³/mol. The van der Waals surface area contributed by atoms with Gasteiger partial charge in [0.15, 0.2) is 11.6 Å². The number of hydrogen-bond donors (Lipinski definition) is 1. The third-order valence-electron chi connectivity index (χ3n) is 3.61. The van der Waals surface area contributed by atoms with Crippen LogP contribution in [0.1, 0.15) is 37.3 Å². The van der Waals surface area contributed by atoms with Crippen molar-refractivity contribution in [2.45, 2.75) is 37.6 Å². The molecular weight excluding hydrogens is 246 g/mol. The lowest BCUT2D eigenvalue weighted by Crippen LogP contribution is -2.31. The van der Waals surface area contributed by atoms with Crippen LogP contribution in [0, 0.1) is 17.6 Å². The monoisotopic (exact) mass is 261 g/mol. The number of rotatable bonds is 2. The van der Waals surface area contributed by atoms with Crippen LogP contribution in [0.2, 0.25) is 0 Å². The van der Waals surface area contributed by atoms with Gasteiger partial charge in [0.2, 0.25) is 5.92 Å². The highest BCUT2D eigenvalue weighted by atomic mass is 19.3. The van der Waals surface area contributed by atoms with Gasteiger partial charge in [-0.05, 0) is 24.8 Å². The molecule has 1 aliphatic rings. The van der Waals surface area contributed by atoms with Gasteiger partial charge in [0.1, 0.15) is 0 Å². The molecule has 0 spiro atoms. The van der Waals surface area contributed by atoms with E-state index >= 15 is 0 Å². The summed E-state index contributed by atoms with van der Waals surface area (Å²) in [5.41, 5.74) is 5.95. The highest BCUT2D eigenvalue weighted by molar-refractivity contribution is 5.23. The van der Waals surface area contributed by atoms with Crippen LogP contribution in [-0.4, -0.2) is 5.92 Å². The van der Waals surface area contributed by atoms with E-state index in [1.165, 1.54) is 12.1 Å². The molecule has 1 aromatic rings. The molecule has 0 aliphatic heterocycles. The summed E-state index contributed by atoms with van der Waals surface area (Å²) in [5.74, 6) is -4.79. The van der Waals surface area contributed by atoms with Gasteiger partial charge in [-0.2, -0.15) is 0 Å². The van der Waals surface area contributed by atoms with Crippen molar-refractivity contribution in [1.29, 1.82) is 0 Å². The first-order chi connectivity index (χ1) is 8.41. The van der Waals surface area contributed by atoms with Crippen LogP contribution >= 0.6 is 0 Å². The highest BCUT2D eigenvalue weighted by Gasteiger charge is 2.37. The molecule has 1 fully saturated rings. The standard InChI is InChI=1S/C13H15F4N/c14-10-3-1-2-9(11(10)15)12(18)8-4-6-13(16,17)7-5-8/h1-3,8,12H,4-7,18H2. The normalized spacial score (nSPS) is 21.8. The quantitative estimate of drug-likeness (QED) is 0.805. The first-order valence-corrected chi connectivity index (χ1v) is 5.98. The summed E-state index contributed by atoms with van der Waals surface area (Å²) in [7, 11) is 0. The molecule has 2 N–H and O–H groups in total. The number of benzene rings is 1. The van der Waals surface area contributed by atoms with E-state index in [9.17, 15) is 17.6 Å². The smallest absolute Gasteiger partial charge is 0.248 e. The van der Waals surface area contributed by atoms with E-state index in [0.29, 0.717) is 0 Å². The van der Waals surface area contributed by atoms with Crippen molar-refractivity contribution in [1.82, 2.24) is 0 Å². The Morgan fingerprint density at radius 1 is 1.17 bits per heavy atom. The minimum atomic E-state index is -2.64. The van der Waals surface area contributed by atoms with E-state index in [2.05, 4.69) is 0 Å². The van der Waals surface area contributed by atoms with Crippen molar-refractivity contribution < 1.29 is 17.6 Å². The summed E-state index contributed by atoms with van der Waals surface area (Å²) in [6.45, 7) is 0. The van der Waals surface area contributed by atoms with E-state index in [-0.39, 0.29) is 37.2 Å². The molecule has 0 heterocycles. The molecule has 0 aromatic heterocycles. The second kappa shape index (κ2) is 4.88. The van der Waals surface area contributed by atoms with Gasteiger partial charge in [0, 0.05) is 24.4 Å². The summed E-state index contributed by atoms with van der Waals surface area (Å²) >= 11 is 0. The first-order valence-electron chi connectivity index (χ1n) is 5.98. The Morgan fingerprint density at radius 3 is 2.39 bits per heavy atom. The largest absolute Gasteiger partial charge is 0.324 e. The average molecular weight is 261 g/mol. The van der Waals surface area contributed by atoms with Crippen molar-refractivity contribution in [2.24, 2.45) is 11.7 Å². The lowest BCUT2D eigenvalue weighted by atomic mass is 9.80. The van der Waals surface area contributed by atoms with Crippen LogP contribution in [-0.2, 0) is 0 Å². The molecule has 2 rings (SSSR count). The minimum absolute atomic E-state index is 0.0743. The van der Waals surface area contributed by atoms with Gasteiger partial charge in [-0.1, -0.05) is 12.1 Å². The minimum Gasteiger partial charge on any atom is -0.324 e. The van der Waals surface area contributed by atoms with Crippen LogP contribution in [0.5, 0.6) is 0 Å². The topological polar surface area (TPSA) is 26.0 Å². The van der Waals surface area contributed by atoms with E-state index in [4.69, 9.17) is 5.73 Å². The summed E-state index contributed by atoms with van der Waals surface area (Å²) in [6, 6.07) is 3.08. The maximum atomic E-state index is 13.6. The van der Waals surface area contributed by atoms with Gasteiger partial charge in [0.05, 0.1) is 0 Å². The van der Waals surface area contributed by atoms with Crippen molar-refractivity contribution in [3.63, 3.8) is 0 Å². The van der Waals surface area contributed by atoms with Gasteiger partial charge in [-0.15, -0.1) is 0 Å². The Morgan fingerprint density at radius 2 is 1.78 bits per heavy atom. The fourth-order valence-corrected chi connectivity index (χ4v) is 2.45. The van der Waals surface area contributed by atoms with Crippen LogP contribution in [0.4, 0.5) is 17.6 Å². The Bertz CT molecular complexity index is 423. The van der Waals surface area contributed by atoms with Crippen molar-refractivity contribution in [3.05, 3.63) is 35.4 Å². The van der Waals surface area contributed by atoms with E-state index in [1.807, 2.05) is 0 Å². The molecule has 18 heavy (non-hydrogen) atoms. The van der Waals surface area contributed by atoms with Crippen molar-refractivity contribution >= 4 is 0 Å². The summed E-state index contributed by atoms with van der Waals surface area (Å²) in [4.78, 5) is 0. The SMILES string of the molecule is NC(c1cccc(F)c1F)C1CCC(F)(F)CC1. The second-order valence-electron chi connectivity index (χ2n) is 4.86. The van der Waals surface area contributed by atoms with Crippen LogP contribution in [0.25, 0.3) is 0 Å². The zero-order chi connectivity index (χ0) is 13.3. The number of nitrogens with two attached hydrogens (primary N) is 1. The lowest BCUT2D eigenvalue weighted by Gasteiger charge is -2.32. The maximum absolute atomic E-state index is 13.6. The average Bonchev–Trinajstić information content (AvgIpc) is 2.32. The predicted octanol–water partition coefficient (Wildman–Crippen LogP) is 3.79. The summed E-state index contributed by atoms with van der Waals surface area (Å²) in [6.07, 6.45) is 0.0127. The molecule has 1 aromatic carbocycles. The van der Waals surface area contributed by atoms with E-state index in [1.54, 1.807) is 0 Å². The Labute approximate surface area is 103 Å². The van der Waals surface area contributed by atoms with Crippen molar-refractivity contribution in [2.75, 3.05) is 0 Å². The van der Waals surface area contributed by atoms with E-state index < -0.39 is 23.6 Å². The Balaban J connectivity index is 2.12. The molecule has 5 heteroatoms. The molecule has 0 amide bonds. The van der Waals surface area contributed by atoms with E-state index in [0.717, 1.165) is 6.07 Å². The first kappa shape index (κ1) is 13.3. The highest BCUT2D eigenvalue weighted by Crippen LogP contribution is 2.40. The number of hydrogen-bond acceptors (Lipinski definition) is 1. The zero-order valence-corrected chi connectivity index (χ0v) is 9.80. The van der Waals surface area contributed by atoms with Gasteiger partial charge in [-0.25, -0.2) is 17.6 Å². The van der Waals surface area contributed by atoms with Gasteiger partial charge < -0.3 is 5.73 Å². The molecule has 1 nitrogen and oxygen atoms in total. The fourth-order valence-electron chi connectivity index (χ4n) is 2.45. The molecule has 1 unspecified atom stereocenters. The summed E-state index contributed by atoms with van der Waals surface area (Å²) < 4.78 is 52.7. The molecule has 100 valence electrons.